The van der Waals surface area contributed by atoms with Crippen molar-refractivity contribution in [2.24, 2.45) is 0 Å². The molecule has 0 atom stereocenters. The Morgan fingerprint density at radius 1 is 1.25 bits per heavy atom. The Morgan fingerprint density at radius 3 is 2.75 bits per heavy atom. The van der Waals surface area contributed by atoms with Gasteiger partial charge in [0, 0.05) is 26.2 Å². The van der Waals surface area contributed by atoms with E-state index in [4.69, 9.17) is 0 Å². The molecule has 110 valence electrons. The number of hydrogen-bond acceptors (Lipinski definition) is 5. The first-order chi connectivity index (χ1) is 9.47. The number of hydrogen-bond donors (Lipinski definition) is 4. The molecule has 1 aromatic carbocycles. The zero-order chi connectivity index (χ0) is 14.6. The van der Waals surface area contributed by atoms with E-state index < -0.39 is 10.0 Å². The number of fused-ring (bicyclic) bond motifs is 1. The normalized spacial score (nSPS) is 13.8. The summed E-state index contributed by atoms with van der Waals surface area (Å²) in [6, 6.07) is 5.45. The molecule has 1 aliphatic heterocycles. The number of carbonyl (C=O) groups excluding carboxylic acids is 1. The van der Waals surface area contributed by atoms with Crippen molar-refractivity contribution in [1.29, 1.82) is 0 Å². The van der Waals surface area contributed by atoms with E-state index in [9.17, 15) is 13.2 Å². The van der Waals surface area contributed by atoms with Crippen molar-refractivity contribution in [1.82, 2.24) is 10.0 Å². The SMILES string of the molecule is CS(=O)(=O)NCCNC(=O)c1cccc2c1NCCN2. The Balaban J connectivity index is 1.96. The molecular formula is C12H18N4O3S. The van der Waals surface area contributed by atoms with Crippen molar-refractivity contribution in [3.63, 3.8) is 0 Å². The zero-order valence-electron chi connectivity index (χ0n) is 11.2. The lowest BCUT2D eigenvalue weighted by molar-refractivity contribution is 0.0955. The highest BCUT2D eigenvalue weighted by atomic mass is 32.2. The third-order valence-corrected chi connectivity index (χ3v) is 3.55. The predicted octanol–water partition coefficient (Wildman–Crippen LogP) is -0.197. The molecule has 1 amide bonds. The van der Waals surface area contributed by atoms with E-state index in [-0.39, 0.29) is 19.0 Å². The maximum absolute atomic E-state index is 12.1. The van der Waals surface area contributed by atoms with Crippen LogP contribution in [0.4, 0.5) is 11.4 Å². The second-order valence-electron chi connectivity index (χ2n) is 4.50. The average Bonchev–Trinajstić information content (AvgIpc) is 2.41. The van der Waals surface area contributed by atoms with Crippen LogP contribution in [0, 0.1) is 0 Å². The van der Waals surface area contributed by atoms with Gasteiger partial charge in [-0.05, 0) is 12.1 Å². The van der Waals surface area contributed by atoms with E-state index in [2.05, 4.69) is 20.7 Å². The molecule has 0 saturated carbocycles. The van der Waals surface area contributed by atoms with Crippen molar-refractivity contribution >= 4 is 27.3 Å². The molecule has 0 unspecified atom stereocenters. The van der Waals surface area contributed by atoms with Gasteiger partial charge in [-0.1, -0.05) is 6.07 Å². The van der Waals surface area contributed by atoms with E-state index in [1.54, 1.807) is 6.07 Å². The summed E-state index contributed by atoms with van der Waals surface area (Å²) < 4.78 is 24.1. The standard InChI is InChI=1S/C12H18N4O3S/c1-20(18,19)16-8-7-15-12(17)9-3-2-4-10-11(9)14-6-5-13-10/h2-4,13-14,16H,5-8H2,1H3,(H,15,17). The van der Waals surface area contributed by atoms with Gasteiger partial charge in [0.25, 0.3) is 5.91 Å². The van der Waals surface area contributed by atoms with Crippen LogP contribution in [0.15, 0.2) is 18.2 Å². The summed E-state index contributed by atoms with van der Waals surface area (Å²) in [5.74, 6) is -0.228. The van der Waals surface area contributed by atoms with E-state index in [1.807, 2.05) is 12.1 Å². The highest BCUT2D eigenvalue weighted by Gasteiger charge is 2.16. The van der Waals surface area contributed by atoms with Crippen LogP contribution < -0.4 is 20.7 Å². The molecule has 0 saturated heterocycles. The fourth-order valence-corrected chi connectivity index (χ4v) is 2.44. The molecule has 7 nitrogen and oxygen atoms in total. The number of anilines is 2. The monoisotopic (exact) mass is 298 g/mol. The van der Waals surface area contributed by atoms with E-state index in [0.29, 0.717) is 5.56 Å². The van der Waals surface area contributed by atoms with Gasteiger partial charge in [0.2, 0.25) is 10.0 Å². The molecule has 1 aromatic rings. The Kier molecular flexibility index (Phi) is 4.46. The summed E-state index contributed by atoms with van der Waals surface area (Å²) in [4.78, 5) is 12.1. The second-order valence-corrected chi connectivity index (χ2v) is 6.34. The summed E-state index contributed by atoms with van der Waals surface area (Å²) >= 11 is 0. The third kappa shape index (κ3) is 3.84. The smallest absolute Gasteiger partial charge is 0.253 e. The first-order valence-corrected chi connectivity index (χ1v) is 8.20. The maximum atomic E-state index is 12.1. The Hall–Kier alpha value is -1.80. The number of carbonyl (C=O) groups is 1. The number of nitrogens with one attached hydrogen (secondary N) is 4. The van der Waals surface area contributed by atoms with Crippen molar-refractivity contribution in [2.75, 3.05) is 43.1 Å². The predicted molar refractivity (Wildman–Crippen MR) is 78.6 cm³/mol. The van der Waals surface area contributed by atoms with Gasteiger partial charge in [0.05, 0.1) is 23.2 Å². The van der Waals surface area contributed by atoms with Crippen LogP contribution in [0.5, 0.6) is 0 Å². The third-order valence-electron chi connectivity index (χ3n) is 2.83. The molecular weight excluding hydrogens is 280 g/mol. The first-order valence-electron chi connectivity index (χ1n) is 6.31. The van der Waals surface area contributed by atoms with Gasteiger partial charge >= 0.3 is 0 Å². The lowest BCUT2D eigenvalue weighted by atomic mass is 10.1. The van der Waals surface area contributed by atoms with Crippen molar-refractivity contribution in [2.45, 2.75) is 0 Å². The molecule has 20 heavy (non-hydrogen) atoms. The molecule has 4 N–H and O–H groups in total. The molecule has 8 heteroatoms. The van der Waals surface area contributed by atoms with Crippen molar-refractivity contribution in [3.05, 3.63) is 23.8 Å². The summed E-state index contributed by atoms with van der Waals surface area (Å²) in [6.07, 6.45) is 1.08. The van der Waals surface area contributed by atoms with Gasteiger partial charge in [-0.3, -0.25) is 4.79 Å². The lowest BCUT2D eigenvalue weighted by Gasteiger charge is -2.22. The second kappa shape index (κ2) is 6.10. The lowest BCUT2D eigenvalue weighted by Crippen LogP contribution is -2.35. The van der Waals surface area contributed by atoms with Crippen LogP contribution in [0.1, 0.15) is 10.4 Å². The summed E-state index contributed by atoms with van der Waals surface area (Å²) in [6.45, 7) is 1.98. The van der Waals surface area contributed by atoms with Gasteiger partial charge in [0.1, 0.15) is 0 Å². The van der Waals surface area contributed by atoms with Crippen LogP contribution in [-0.2, 0) is 10.0 Å². The van der Waals surface area contributed by atoms with Gasteiger partial charge in [-0.15, -0.1) is 0 Å². The minimum atomic E-state index is -3.22. The molecule has 0 bridgehead atoms. The topological polar surface area (TPSA) is 99.3 Å². The highest BCUT2D eigenvalue weighted by molar-refractivity contribution is 7.88. The summed E-state index contributed by atoms with van der Waals surface area (Å²) in [7, 11) is -3.22. The molecule has 0 fully saturated rings. The van der Waals surface area contributed by atoms with Crippen LogP contribution in [-0.4, -0.2) is 46.8 Å². The van der Waals surface area contributed by atoms with Crippen LogP contribution in [0.2, 0.25) is 0 Å². The Labute approximate surface area is 118 Å². The largest absolute Gasteiger partial charge is 0.382 e. The van der Waals surface area contributed by atoms with Crippen LogP contribution >= 0.6 is 0 Å². The number of rotatable bonds is 5. The Bertz CT molecular complexity index is 601. The summed E-state index contributed by atoms with van der Waals surface area (Å²) in [5.41, 5.74) is 2.24. The molecule has 0 aliphatic carbocycles. The first kappa shape index (κ1) is 14.6. The number of benzene rings is 1. The summed E-state index contributed by atoms with van der Waals surface area (Å²) in [5, 5.41) is 9.09. The van der Waals surface area contributed by atoms with Crippen molar-refractivity contribution < 1.29 is 13.2 Å². The van der Waals surface area contributed by atoms with Gasteiger partial charge in [-0.2, -0.15) is 0 Å². The molecule has 1 heterocycles. The van der Waals surface area contributed by atoms with E-state index >= 15 is 0 Å². The minimum Gasteiger partial charge on any atom is -0.382 e. The van der Waals surface area contributed by atoms with E-state index in [0.717, 1.165) is 30.7 Å². The fraction of sp³-hybridized carbons (Fsp3) is 0.417. The highest BCUT2D eigenvalue weighted by Crippen LogP contribution is 2.27. The molecule has 0 spiro atoms. The zero-order valence-corrected chi connectivity index (χ0v) is 12.0. The van der Waals surface area contributed by atoms with Crippen LogP contribution in [0.3, 0.4) is 0 Å². The number of para-hydroxylation sites is 1. The molecule has 0 radical (unpaired) electrons. The molecule has 1 aliphatic rings. The number of sulfonamides is 1. The van der Waals surface area contributed by atoms with E-state index in [1.165, 1.54) is 0 Å². The Morgan fingerprint density at radius 2 is 2.00 bits per heavy atom. The van der Waals surface area contributed by atoms with Gasteiger partial charge in [0.15, 0.2) is 0 Å². The average molecular weight is 298 g/mol. The van der Waals surface area contributed by atoms with Gasteiger partial charge in [-0.25, -0.2) is 13.1 Å². The molecule has 0 aromatic heterocycles. The molecule has 2 rings (SSSR count). The van der Waals surface area contributed by atoms with Crippen molar-refractivity contribution in [3.8, 4) is 0 Å². The maximum Gasteiger partial charge on any atom is 0.253 e. The van der Waals surface area contributed by atoms with Gasteiger partial charge < -0.3 is 16.0 Å². The fourth-order valence-electron chi connectivity index (χ4n) is 1.97. The number of amides is 1. The quantitative estimate of drug-likeness (QED) is 0.564. The minimum absolute atomic E-state index is 0.172. The van der Waals surface area contributed by atoms with Crippen LogP contribution in [0.25, 0.3) is 0 Å².